The number of halogens is 3. The van der Waals surface area contributed by atoms with Gasteiger partial charge in [0, 0.05) is 6.54 Å². The van der Waals surface area contributed by atoms with Crippen LogP contribution in [0, 0.1) is 0 Å². The zero-order chi connectivity index (χ0) is 18.5. The van der Waals surface area contributed by atoms with E-state index < -0.39 is 46.6 Å². The standard InChI is InChI=1S/C13H21F3N2O5S/c1-2-7-24(22,23)18-6-4-3-5-10(18)11(19)17-9(12(20)21)8-13(14,15)16/h9-10H,2-8H2,1H3,(H,17,19)(H,20,21). The Bertz CT molecular complexity index is 564. The Morgan fingerprint density at radius 1 is 1.33 bits per heavy atom. The maximum atomic E-state index is 12.4. The van der Waals surface area contributed by atoms with Crippen LogP contribution < -0.4 is 5.32 Å². The molecule has 24 heavy (non-hydrogen) atoms. The van der Waals surface area contributed by atoms with Crippen LogP contribution in [0.3, 0.4) is 0 Å². The van der Waals surface area contributed by atoms with E-state index in [0.29, 0.717) is 19.3 Å². The fourth-order valence-electron chi connectivity index (χ4n) is 2.57. The second-order valence-electron chi connectivity index (χ2n) is 5.66. The first kappa shape index (κ1) is 20.7. The van der Waals surface area contributed by atoms with E-state index in [-0.39, 0.29) is 18.7 Å². The minimum absolute atomic E-state index is 0.0947. The highest BCUT2D eigenvalue weighted by atomic mass is 32.2. The van der Waals surface area contributed by atoms with Crippen LogP contribution in [0.2, 0.25) is 0 Å². The Morgan fingerprint density at radius 3 is 2.46 bits per heavy atom. The summed E-state index contributed by atoms with van der Waals surface area (Å²) in [5.74, 6) is -3.01. The van der Waals surface area contributed by atoms with E-state index in [9.17, 15) is 31.2 Å². The Kier molecular flexibility index (Phi) is 7.02. The molecule has 0 bridgehead atoms. The molecule has 2 N–H and O–H groups in total. The Labute approximate surface area is 138 Å². The molecule has 0 aromatic carbocycles. The van der Waals surface area contributed by atoms with Crippen molar-refractivity contribution in [3.8, 4) is 0 Å². The lowest BCUT2D eigenvalue weighted by molar-refractivity contribution is -0.160. The van der Waals surface area contributed by atoms with E-state index in [1.165, 1.54) is 0 Å². The molecule has 1 aliphatic heterocycles. The molecule has 0 spiro atoms. The number of amides is 1. The second kappa shape index (κ2) is 8.15. The summed E-state index contributed by atoms with van der Waals surface area (Å²) in [6, 6.07) is -3.32. The highest BCUT2D eigenvalue weighted by Crippen LogP contribution is 2.24. The summed E-state index contributed by atoms with van der Waals surface area (Å²) in [6.07, 6.45) is -4.93. The Morgan fingerprint density at radius 2 is 1.96 bits per heavy atom. The summed E-state index contributed by atoms with van der Waals surface area (Å²) in [5.41, 5.74) is 0. The van der Waals surface area contributed by atoms with Gasteiger partial charge in [-0.1, -0.05) is 13.3 Å². The smallest absolute Gasteiger partial charge is 0.391 e. The maximum Gasteiger partial charge on any atom is 0.391 e. The number of carboxylic acids is 1. The average molecular weight is 374 g/mol. The van der Waals surface area contributed by atoms with Gasteiger partial charge >= 0.3 is 12.1 Å². The van der Waals surface area contributed by atoms with Crippen LogP contribution in [0.15, 0.2) is 0 Å². The number of carbonyl (C=O) groups excluding carboxylic acids is 1. The lowest BCUT2D eigenvalue weighted by Gasteiger charge is -2.34. The zero-order valence-corrected chi connectivity index (χ0v) is 14.0. The number of nitrogens with one attached hydrogen (secondary N) is 1. The summed E-state index contributed by atoms with van der Waals surface area (Å²) in [6.45, 7) is 1.75. The molecule has 2 unspecified atom stereocenters. The number of hydrogen-bond donors (Lipinski definition) is 2. The number of aliphatic carboxylic acids is 1. The van der Waals surface area contributed by atoms with Gasteiger partial charge in [-0.2, -0.15) is 17.5 Å². The van der Waals surface area contributed by atoms with E-state index in [2.05, 4.69) is 0 Å². The fraction of sp³-hybridized carbons (Fsp3) is 0.846. The predicted octanol–water partition coefficient (Wildman–Crippen LogP) is 1.10. The Balaban J connectivity index is 2.91. The van der Waals surface area contributed by atoms with Crippen molar-refractivity contribution in [3.63, 3.8) is 0 Å². The lowest BCUT2D eigenvalue weighted by atomic mass is 10.0. The molecule has 1 heterocycles. The van der Waals surface area contributed by atoms with Gasteiger partial charge in [-0.3, -0.25) is 4.79 Å². The molecular formula is C13H21F3N2O5S. The Hall–Kier alpha value is -1.36. The molecule has 1 saturated heterocycles. The van der Waals surface area contributed by atoms with Crippen molar-refractivity contribution in [2.45, 2.75) is 57.3 Å². The molecule has 1 amide bonds. The summed E-state index contributed by atoms with van der Waals surface area (Å²) in [7, 11) is -3.72. The van der Waals surface area contributed by atoms with Crippen LogP contribution in [0.4, 0.5) is 13.2 Å². The monoisotopic (exact) mass is 374 g/mol. The van der Waals surface area contributed by atoms with Crippen LogP contribution in [0.5, 0.6) is 0 Å². The molecule has 140 valence electrons. The molecule has 0 aromatic rings. The van der Waals surface area contributed by atoms with Crippen molar-refractivity contribution < 1.29 is 36.3 Å². The summed E-state index contributed by atoms with van der Waals surface area (Å²) >= 11 is 0. The van der Waals surface area contributed by atoms with Crippen molar-refractivity contribution in [1.29, 1.82) is 0 Å². The van der Waals surface area contributed by atoms with Crippen molar-refractivity contribution in [2.24, 2.45) is 0 Å². The van der Waals surface area contributed by atoms with Crippen LogP contribution in [-0.4, -0.2) is 60.3 Å². The summed E-state index contributed by atoms with van der Waals surface area (Å²) < 4.78 is 62.6. The first-order valence-corrected chi connectivity index (χ1v) is 9.18. The summed E-state index contributed by atoms with van der Waals surface area (Å²) in [5, 5.41) is 10.7. The van der Waals surface area contributed by atoms with Gasteiger partial charge < -0.3 is 10.4 Å². The quantitative estimate of drug-likeness (QED) is 0.695. The minimum Gasteiger partial charge on any atom is -0.480 e. The summed E-state index contributed by atoms with van der Waals surface area (Å²) in [4.78, 5) is 23.1. The molecule has 0 aromatic heterocycles. The van der Waals surface area contributed by atoms with E-state index in [0.717, 1.165) is 4.31 Å². The SMILES string of the molecule is CCCS(=O)(=O)N1CCCCC1C(=O)NC(CC(F)(F)F)C(=O)O. The van der Waals surface area contributed by atoms with Crippen molar-refractivity contribution >= 4 is 21.9 Å². The van der Waals surface area contributed by atoms with Crippen LogP contribution in [0.1, 0.15) is 39.0 Å². The first-order valence-electron chi connectivity index (χ1n) is 7.57. The topological polar surface area (TPSA) is 104 Å². The lowest BCUT2D eigenvalue weighted by Crippen LogP contribution is -2.55. The number of carboxylic acid groups (broad SMARTS) is 1. The van der Waals surface area contributed by atoms with Crippen molar-refractivity contribution in [3.05, 3.63) is 0 Å². The van der Waals surface area contributed by atoms with Gasteiger partial charge in [0.05, 0.1) is 12.2 Å². The van der Waals surface area contributed by atoms with E-state index in [1.807, 2.05) is 5.32 Å². The second-order valence-corrected chi connectivity index (χ2v) is 7.70. The number of hydrogen-bond acceptors (Lipinski definition) is 4. The van der Waals surface area contributed by atoms with Gasteiger partial charge in [0.2, 0.25) is 15.9 Å². The zero-order valence-electron chi connectivity index (χ0n) is 13.2. The van der Waals surface area contributed by atoms with E-state index in [4.69, 9.17) is 5.11 Å². The minimum atomic E-state index is -4.77. The third-order valence-electron chi connectivity index (χ3n) is 3.63. The normalized spacial score (nSPS) is 21.2. The molecule has 1 aliphatic rings. The molecule has 2 atom stereocenters. The maximum absolute atomic E-state index is 12.4. The number of sulfonamides is 1. The molecule has 7 nitrogen and oxygen atoms in total. The van der Waals surface area contributed by atoms with Gasteiger partial charge in [-0.25, -0.2) is 13.2 Å². The third kappa shape index (κ3) is 5.93. The van der Waals surface area contributed by atoms with Gasteiger partial charge in [0.25, 0.3) is 0 Å². The van der Waals surface area contributed by atoms with Gasteiger partial charge in [0.15, 0.2) is 0 Å². The van der Waals surface area contributed by atoms with Crippen LogP contribution in [-0.2, 0) is 19.6 Å². The molecule has 0 saturated carbocycles. The molecule has 0 radical (unpaired) electrons. The predicted molar refractivity (Wildman–Crippen MR) is 78.7 cm³/mol. The van der Waals surface area contributed by atoms with Gasteiger partial charge in [-0.15, -0.1) is 0 Å². The number of piperidine rings is 1. The van der Waals surface area contributed by atoms with Crippen molar-refractivity contribution in [1.82, 2.24) is 9.62 Å². The number of alkyl halides is 3. The van der Waals surface area contributed by atoms with Crippen LogP contribution in [0.25, 0.3) is 0 Å². The van der Waals surface area contributed by atoms with Gasteiger partial charge in [-0.05, 0) is 19.3 Å². The van der Waals surface area contributed by atoms with Crippen molar-refractivity contribution in [2.75, 3.05) is 12.3 Å². The number of rotatable bonds is 7. The third-order valence-corrected chi connectivity index (χ3v) is 5.70. The largest absolute Gasteiger partial charge is 0.480 e. The van der Waals surface area contributed by atoms with Crippen LogP contribution >= 0.6 is 0 Å². The molecule has 11 heteroatoms. The van der Waals surface area contributed by atoms with Gasteiger partial charge in [0.1, 0.15) is 12.1 Å². The van der Waals surface area contributed by atoms with E-state index in [1.54, 1.807) is 6.92 Å². The number of nitrogens with zero attached hydrogens (tertiary/aromatic N) is 1. The van der Waals surface area contributed by atoms with E-state index >= 15 is 0 Å². The molecule has 1 fully saturated rings. The molecule has 0 aliphatic carbocycles. The average Bonchev–Trinajstić information content (AvgIpc) is 2.45. The molecular weight excluding hydrogens is 353 g/mol. The molecule has 1 rings (SSSR count). The number of carbonyl (C=O) groups is 2. The highest BCUT2D eigenvalue weighted by Gasteiger charge is 2.40. The first-order chi connectivity index (χ1) is 11.0. The highest BCUT2D eigenvalue weighted by molar-refractivity contribution is 7.89. The fourth-order valence-corrected chi connectivity index (χ4v) is 4.32.